The lowest BCUT2D eigenvalue weighted by atomic mass is 10.5. The Hall–Kier alpha value is -1.39. The van der Waals surface area contributed by atoms with Crippen LogP contribution >= 0.6 is 0 Å². The van der Waals surface area contributed by atoms with Crippen molar-refractivity contribution in [3.8, 4) is 6.07 Å². The maximum atomic E-state index is 11.9. The van der Waals surface area contributed by atoms with Crippen LogP contribution in [0, 0.1) is 18.3 Å². The number of sulfonamides is 1. The highest BCUT2D eigenvalue weighted by molar-refractivity contribution is 7.89. The summed E-state index contributed by atoms with van der Waals surface area (Å²) < 4.78 is 26.7. The topological polar surface area (TPSA) is 79.0 Å². The van der Waals surface area contributed by atoms with Gasteiger partial charge in [-0.25, -0.2) is 13.4 Å². The highest BCUT2D eigenvalue weighted by Gasteiger charge is 2.23. The number of nitrogens with zero attached hydrogens (tertiary/aromatic N) is 4. The Balaban J connectivity index is 2.98. The molecule has 0 bridgehead atoms. The van der Waals surface area contributed by atoms with Crippen LogP contribution < -0.4 is 0 Å². The Morgan fingerprint density at radius 3 is 2.69 bits per heavy atom. The van der Waals surface area contributed by atoms with E-state index in [1.54, 1.807) is 18.5 Å². The zero-order chi connectivity index (χ0) is 12.3. The Kier molecular flexibility index (Phi) is 3.67. The minimum atomic E-state index is -3.56. The lowest BCUT2D eigenvalue weighted by Crippen LogP contribution is -2.28. The Morgan fingerprint density at radius 2 is 2.25 bits per heavy atom. The van der Waals surface area contributed by atoms with Crippen molar-refractivity contribution < 1.29 is 8.42 Å². The Bertz CT molecular complexity index is 493. The third-order valence-electron chi connectivity index (χ3n) is 2.30. The summed E-state index contributed by atoms with van der Waals surface area (Å²) in [7, 11) is -0.389. The molecule has 0 unspecified atom stereocenters. The molecule has 1 aromatic rings. The minimum absolute atomic E-state index is 0.0212. The van der Waals surface area contributed by atoms with E-state index in [0.717, 1.165) is 4.31 Å². The molecule has 7 heteroatoms. The largest absolute Gasteiger partial charge is 0.337 e. The molecule has 0 aliphatic carbocycles. The second kappa shape index (κ2) is 4.63. The van der Waals surface area contributed by atoms with Crippen molar-refractivity contribution in [2.75, 3.05) is 13.6 Å². The third kappa shape index (κ3) is 2.40. The third-order valence-corrected chi connectivity index (χ3v) is 4.03. The average molecular weight is 242 g/mol. The van der Waals surface area contributed by atoms with Gasteiger partial charge in [-0.3, -0.25) is 0 Å². The van der Waals surface area contributed by atoms with Crippen molar-refractivity contribution in [1.29, 1.82) is 5.26 Å². The van der Waals surface area contributed by atoms with Gasteiger partial charge in [0.15, 0.2) is 5.03 Å². The number of hydrogen-bond donors (Lipinski definition) is 0. The molecule has 6 nitrogen and oxygen atoms in total. The molecule has 88 valence electrons. The maximum absolute atomic E-state index is 11.9. The van der Waals surface area contributed by atoms with Crippen molar-refractivity contribution in [1.82, 2.24) is 13.9 Å². The fourth-order valence-corrected chi connectivity index (χ4v) is 2.33. The Morgan fingerprint density at radius 1 is 1.62 bits per heavy atom. The van der Waals surface area contributed by atoms with Gasteiger partial charge >= 0.3 is 0 Å². The van der Waals surface area contributed by atoms with Gasteiger partial charge in [0.05, 0.1) is 6.07 Å². The highest BCUT2D eigenvalue weighted by atomic mass is 32.2. The van der Waals surface area contributed by atoms with Crippen molar-refractivity contribution in [3.05, 3.63) is 12.0 Å². The average Bonchev–Trinajstić information content (AvgIpc) is 2.56. The van der Waals surface area contributed by atoms with E-state index in [9.17, 15) is 8.42 Å². The molecule has 1 aromatic heterocycles. The summed E-state index contributed by atoms with van der Waals surface area (Å²) in [6, 6.07) is 1.91. The number of hydrogen-bond acceptors (Lipinski definition) is 4. The summed E-state index contributed by atoms with van der Waals surface area (Å²) >= 11 is 0. The predicted molar refractivity (Wildman–Crippen MR) is 58.0 cm³/mol. The van der Waals surface area contributed by atoms with E-state index in [2.05, 4.69) is 4.98 Å². The molecule has 1 heterocycles. The normalized spacial score (nSPS) is 11.7. The molecule has 0 aliphatic heterocycles. The summed E-state index contributed by atoms with van der Waals surface area (Å²) in [6.45, 7) is 1.91. The first-order valence-electron chi connectivity index (χ1n) is 4.73. The minimum Gasteiger partial charge on any atom is -0.337 e. The fraction of sp³-hybridized carbons (Fsp3) is 0.556. The van der Waals surface area contributed by atoms with Gasteiger partial charge < -0.3 is 4.57 Å². The number of imidazole rings is 1. The van der Waals surface area contributed by atoms with Gasteiger partial charge in [-0.2, -0.15) is 9.57 Å². The van der Waals surface area contributed by atoms with Gasteiger partial charge in [0.25, 0.3) is 10.0 Å². The maximum Gasteiger partial charge on any atom is 0.261 e. The second-order valence-corrected chi connectivity index (χ2v) is 5.46. The van der Waals surface area contributed by atoms with E-state index in [4.69, 9.17) is 5.26 Å². The van der Waals surface area contributed by atoms with Crippen molar-refractivity contribution in [2.24, 2.45) is 7.05 Å². The van der Waals surface area contributed by atoms with Crippen LogP contribution in [0.25, 0.3) is 0 Å². The number of nitriles is 1. The van der Waals surface area contributed by atoms with Crippen LogP contribution in [0.2, 0.25) is 0 Å². The van der Waals surface area contributed by atoms with Gasteiger partial charge in [0.2, 0.25) is 0 Å². The zero-order valence-corrected chi connectivity index (χ0v) is 10.3. The summed E-state index contributed by atoms with van der Waals surface area (Å²) in [4.78, 5) is 3.96. The van der Waals surface area contributed by atoms with E-state index < -0.39 is 10.0 Å². The lowest BCUT2D eigenvalue weighted by molar-refractivity contribution is 0.474. The lowest BCUT2D eigenvalue weighted by Gasteiger charge is -2.13. The van der Waals surface area contributed by atoms with Crippen LogP contribution in [0.15, 0.2) is 11.2 Å². The van der Waals surface area contributed by atoms with Crippen LogP contribution in [0.5, 0.6) is 0 Å². The summed E-state index contributed by atoms with van der Waals surface area (Å²) in [5.74, 6) is 0.632. The summed E-state index contributed by atoms with van der Waals surface area (Å²) in [5, 5.41) is 8.43. The molecular weight excluding hydrogens is 228 g/mol. The molecule has 0 atom stereocenters. The van der Waals surface area contributed by atoms with E-state index in [0.29, 0.717) is 5.82 Å². The Labute approximate surface area is 95.2 Å². The van der Waals surface area contributed by atoms with Crippen LogP contribution in [0.3, 0.4) is 0 Å². The molecule has 0 amide bonds. The van der Waals surface area contributed by atoms with E-state index in [1.807, 2.05) is 6.07 Å². The smallest absolute Gasteiger partial charge is 0.261 e. The predicted octanol–water partition coefficient (Wildman–Crippen LogP) is 0.263. The molecule has 0 fully saturated rings. The summed E-state index contributed by atoms with van der Waals surface area (Å²) in [5.41, 5.74) is 0. The molecule has 0 spiro atoms. The zero-order valence-electron chi connectivity index (χ0n) is 9.51. The standard InChI is InChI=1S/C9H14N4O2S/c1-8-11-9(7-12(8)2)16(14,15)13(3)6-4-5-10/h7H,4,6H2,1-3H3. The van der Waals surface area contributed by atoms with Crippen molar-refractivity contribution in [2.45, 2.75) is 18.4 Å². The first-order chi connectivity index (χ1) is 7.39. The van der Waals surface area contributed by atoms with Gasteiger partial charge in [-0.15, -0.1) is 0 Å². The van der Waals surface area contributed by atoms with Crippen LogP contribution in [-0.2, 0) is 17.1 Å². The molecular formula is C9H14N4O2S. The summed E-state index contributed by atoms with van der Waals surface area (Å²) in [6.07, 6.45) is 1.63. The van der Waals surface area contributed by atoms with E-state index in [-0.39, 0.29) is 18.0 Å². The fourth-order valence-electron chi connectivity index (χ4n) is 1.14. The number of aromatic nitrogens is 2. The van der Waals surface area contributed by atoms with Crippen LogP contribution in [0.4, 0.5) is 0 Å². The van der Waals surface area contributed by atoms with Crippen LogP contribution in [-0.4, -0.2) is 35.9 Å². The molecule has 0 saturated heterocycles. The van der Waals surface area contributed by atoms with Gasteiger partial charge in [-0.1, -0.05) is 0 Å². The van der Waals surface area contributed by atoms with Gasteiger partial charge in [0.1, 0.15) is 5.82 Å². The quantitative estimate of drug-likeness (QED) is 0.758. The molecule has 0 aromatic carbocycles. The number of aryl methyl sites for hydroxylation is 2. The van der Waals surface area contributed by atoms with E-state index >= 15 is 0 Å². The van der Waals surface area contributed by atoms with E-state index in [1.165, 1.54) is 13.2 Å². The SMILES string of the molecule is Cc1nc(S(=O)(=O)N(C)CCC#N)cn1C. The van der Waals surface area contributed by atoms with Crippen molar-refractivity contribution in [3.63, 3.8) is 0 Å². The first kappa shape index (κ1) is 12.7. The van der Waals surface area contributed by atoms with Gasteiger partial charge in [-0.05, 0) is 6.92 Å². The molecule has 0 radical (unpaired) electrons. The molecule has 16 heavy (non-hydrogen) atoms. The van der Waals surface area contributed by atoms with Crippen LogP contribution in [0.1, 0.15) is 12.2 Å². The highest BCUT2D eigenvalue weighted by Crippen LogP contribution is 2.13. The monoisotopic (exact) mass is 242 g/mol. The van der Waals surface area contributed by atoms with Crippen molar-refractivity contribution >= 4 is 10.0 Å². The van der Waals surface area contributed by atoms with Gasteiger partial charge in [0, 0.05) is 33.3 Å². The number of rotatable bonds is 4. The first-order valence-corrected chi connectivity index (χ1v) is 6.17. The molecule has 1 rings (SSSR count). The molecule has 0 N–H and O–H groups in total. The second-order valence-electron chi connectivity index (χ2n) is 3.47. The molecule has 0 saturated carbocycles. The molecule has 0 aliphatic rings.